The van der Waals surface area contributed by atoms with Gasteiger partial charge in [-0.1, -0.05) is 36.9 Å². The maximum atomic E-state index is 13.4. The number of ether oxygens (including phenoxy) is 1. The van der Waals surface area contributed by atoms with Crippen molar-refractivity contribution in [2.24, 2.45) is 5.92 Å². The molecule has 1 aliphatic rings. The van der Waals surface area contributed by atoms with Crippen LogP contribution in [0.4, 0.5) is 0 Å². The van der Waals surface area contributed by atoms with Crippen molar-refractivity contribution in [1.82, 2.24) is 13.9 Å². The van der Waals surface area contributed by atoms with Gasteiger partial charge in [0.15, 0.2) is 5.16 Å². The summed E-state index contributed by atoms with van der Waals surface area (Å²) in [5, 5.41) is 0.913. The topological polar surface area (TPSA) is 64.4 Å². The zero-order valence-electron chi connectivity index (χ0n) is 21.3. The van der Waals surface area contributed by atoms with Gasteiger partial charge in [0.2, 0.25) is 10.0 Å². The number of sulfonamides is 1. The summed E-state index contributed by atoms with van der Waals surface area (Å²) in [6.45, 7) is 11.7. The van der Waals surface area contributed by atoms with Crippen molar-refractivity contribution in [2.45, 2.75) is 69.3 Å². The molecule has 4 rings (SSSR count). The number of aromatic nitrogens is 2. The van der Waals surface area contributed by atoms with Crippen LogP contribution in [-0.2, 0) is 27.1 Å². The summed E-state index contributed by atoms with van der Waals surface area (Å²) in [5.41, 5.74) is 5.53. The molecule has 1 atom stereocenters. The van der Waals surface area contributed by atoms with Gasteiger partial charge in [-0.05, 0) is 80.8 Å². The van der Waals surface area contributed by atoms with Crippen molar-refractivity contribution in [3.05, 3.63) is 53.1 Å². The number of thioether (sulfide) groups is 1. The highest BCUT2D eigenvalue weighted by atomic mass is 32.2. The summed E-state index contributed by atoms with van der Waals surface area (Å²) >= 11 is 1.70. The van der Waals surface area contributed by atoms with Crippen LogP contribution < -0.4 is 0 Å². The van der Waals surface area contributed by atoms with E-state index in [-0.39, 0.29) is 0 Å². The van der Waals surface area contributed by atoms with Gasteiger partial charge >= 0.3 is 0 Å². The highest BCUT2D eigenvalue weighted by Gasteiger charge is 2.29. The molecule has 2 aromatic carbocycles. The quantitative estimate of drug-likeness (QED) is 0.252. The smallest absolute Gasteiger partial charge is 0.243 e. The zero-order chi connectivity index (χ0) is 25.0. The fraction of sp³-hybridized carbons (Fsp3) is 0.519. The number of rotatable bonds is 10. The average Bonchev–Trinajstić information content (AvgIpc) is 3.19. The lowest BCUT2D eigenvalue weighted by atomic mass is 10.0. The van der Waals surface area contributed by atoms with Crippen LogP contribution >= 0.6 is 11.8 Å². The Balaban J connectivity index is 1.63. The van der Waals surface area contributed by atoms with Gasteiger partial charge in [-0.15, -0.1) is 0 Å². The third kappa shape index (κ3) is 6.10. The molecule has 1 saturated heterocycles. The lowest BCUT2D eigenvalue weighted by molar-refractivity contribution is 0.141. The van der Waals surface area contributed by atoms with Crippen molar-refractivity contribution in [3.8, 4) is 0 Å². The predicted octanol–water partition coefficient (Wildman–Crippen LogP) is 5.79. The van der Waals surface area contributed by atoms with Gasteiger partial charge in [-0.25, -0.2) is 13.4 Å². The Labute approximate surface area is 214 Å². The first-order valence-corrected chi connectivity index (χ1v) is 15.0. The Hall–Kier alpha value is -1.87. The number of piperidine rings is 1. The molecular formula is C27H37N3O3S2. The van der Waals surface area contributed by atoms with Crippen molar-refractivity contribution < 1.29 is 13.2 Å². The van der Waals surface area contributed by atoms with E-state index in [1.807, 2.05) is 13.0 Å². The van der Waals surface area contributed by atoms with Crippen molar-refractivity contribution >= 4 is 32.8 Å². The third-order valence-electron chi connectivity index (χ3n) is 6.76. The van der Waals surface area contributed by atoms with Crippen molar-refractivity contribution in [3.63, 3.8) is 0 Å². The normalized spacial score (nSPS) is 17.3. The summed E-state index contributed by atoms with van der Waals surface area (Å²) in [5.74, 6) is 1.20. The molecule has 1 aromatic heterocycles. The monoisotopic (exact) mass is 515 g/mol. The molecule has 0 aliphatic carbocycles. The van der Waals surface area contributed by atoms with Crippen LogP contribution in [0.2, 0.25) is 0 Å². The second-order valence-corrected chi connectivity index (χ2v) is 12.4. The second-order valence-electron chi connectivity index (χ2n) is 9.56. The lowest BCUT2D eigenvalue weighted by Crippen LogP contribution is -2.39. The van der Waals surface area contributed by atoms with Gasteiger partial charge in [0.25, 0.3) is 0 Å². The van der Waals surface area contributed by atoms with E-state index in [1.165, 1.54) is 16.7 Å². The fourth-order valence-electron chi connectivity index (χ4n) is 4.60. The van der Waals surface area contributed by atoms with Crippen LogP contribution in [0.3, 0.4) is 0 Å². The first kappa shape index (κ1) is 26.2. The molecule has 1 aliphatic heterocycles. The van der Waals surface area contributed by atoms with Crippen LogP contribution in [0.1, 0.15) is 49.8 Å². The zero-order valence-corrected chi connectivity index (χ0v) is 22.9. The largest absolute Gasteiger partial charge is 0.382 e. The number of imidazole rings is 1. The molecule has 1 fully saturated rings. The Morgan fingerprint density at radius 1 is 1.14 bits per heavy atom. The number of hydrogen-bond acceptors (Lipinski definition) is 5. The molecule has 0 amide bonds. The van der Waals surface area contributed by atoms with Crippen LogP contribution in [-0.4, -0.2) is 48.6 Å². The average molecular weight is 516 g/mol. The molecular weight excluding hydrogens is 478 g/mol. The van der Waals surface area contributed by atoms with Gasteiger partial charge in [0.1, 0.15) is 0 Å². The number of hydrogen-bond donors (Lipinski definition) is 0. The van der Waals surface area contributed by atoms with Gasteiger partial charge < -0.3 is 9.30 Å². The van der Waals surface area contributed by atoms with Gasteiger partial charge in [0, 0.05) is 38.6 Å². The maximum Gasteiger partial charge on any atom is 0.243 e. The van der Waals surface area contributed by atoms with Crippen LogP contribution in [0.5, 0.6) is 0 Å². The molecule has 6 nitrogen and oxygen atoms in total. The van der Waals surface area contributed by atoms with Gasteiger partial charge in [-0.3, -0.25) is 0 Å². The molecule has 1 unspecified atom stereocenters. The van der Waals surface area contributed by atoms with E-state index in [0.29, 0.717) is 37.1 Å². The minimum absolute atomic E-state index is 0.337. The van der Waals surface area contributed by atoms with E-state index in [9.17, 15) is 8.42 Å². The molecule has 190 valence electrons. The lowest BCUT2D eigenvalue weighted by Gasteiger charge is -2.30. The molecule has 0 saturated carbocycles. The summed E-state index contributed by atoms with van der Waals surface area (Å²) in [7, 11) is -3.52. The van der Waals surface area contributed by atoms with Crippen LogP contribution in [0, 0.1) is 19.8 Å². The highest BCUT2D eigenvalue weighted by molar-refractivity contribution is 7.98. The molecule has 0 N–H and O–H groups in total. The van der Waals surface area contributed by atoms with E-state index in [1.54, 1.807) is 28.2 Å². The molecule has 35 heavy (non-hydrogen) atoms. The third-order valence-corrected chi connectivity index (χ3v) is 9.66. The van der Waals surface area contributed by atoms with E-state index in [0.717, 1.165) is 47.7 Å². The Morgan fingerprint density at radius 2 is 1.97 bits per heavy atom. The van der Waals surface area contributed by atoms with Crippen LogP contribution in [0.25, 0.3) is 11.0 Å². The first-order chi connectivity index (χ1) is 16.8. The molecule has 0 radical (unpaired) electrons. The van der Waals surface area contributed by atoms with Crippen molar-refractivity contribution in [1.29, 1.82) is 0 Å². The molecule has 0 bridgehead atoms. The van der Waals surface area contributed by atoms with Gasteiger partial charge in [-0.2, -0.15) is 4.31 Å². The number of nitrogens with zero attached hydrogens (tertiary/aromatic N) is 3. The number of benzene rings is 2. The Bertz CT molecular complexity index is 1270. The number of aryl methyl sites for hydroxylation is 3. The molecule has 8 heteroatoms. The van der Waals surface area contributed by atoms with Crippen molar-refractivity contribution in [2.75, 3.05) is 26.3 Å². The minimum atomic E-state index is -3.52. The Morgan fingerprint density at radius 3 is 2.71 bits per heavy atom. The first-order valence-electron chi connectivity index (χ1n) is 12.6. The second kappa shape index (κ2) is 11.5. The standard InChI is InChI=1S/C27H37N3O3S2/c1-5-33-15-7-14-30-26-12-11-24(35(31,32)29-13-6-8-20(2)18-29)17-25(26)28-27(30)34-19-23-10-9-21(3)22(4)16-23/h9-12,16-17,20H,5-8,13-15,18-19H2,1-4H3. The van der Waals surface area contributed by atoms with E-state index < -0.39 is 10.0 Å². The summed E-state index contributed by atoms with van der Waals surface area (Å²) in [6, 6.07) is 12.0. The molecule has 0 spiro atoms. The number of fused-ring (bicyclic) bond motifs is 1. The van der Waals surface area contributed by atoms with E-state index in [2.05, 4.69) is 43.5 Å². The fourth-order valence-corrected chi connectivity index (χ4v) is 7.20. The van der Waals surface area contributed by atoms with Crippen LogP contribution in [0.15, 0.2) is 46.5 Å². The highest BCUT2D eigenvalue weighted by Crippen LogP contribution is 2.31. The summed E-state index contributed by atoms with van der Waals surface area (Å²) in [6.07, 6.45) is 2.87. The molecule has 2 heterocycles. The Kier molecular flexibility index (Phi) is 8.58. The summed E-state index contributed by atoms with van der Waals surface area (Å²) in [4.78, 5) is 5.24. The molecule has 3 aromatic rings. The van der Waals surface area contributed by atoms with E-state index >= 15 is 0 Å². The SMILES string of the molecule is CCOCCCn1c(SCc2ccc(C)c(C)c2)nc2cc(S(=O)(=O)N3CCCC(C)C3)ccc21. The maximum absolute atomic E-state index is 13.4. The van der Waals surface area contributed by atoms with Gasteiger partial charge in [0.05, 0.1) is 15.9 Å². The van der Waals surface area contributed by atoms with E-state index in [4.69, 9.17) is 9.72 Å². The minimum Gasteiger partial charge on any atom is -0.382 e. The predicted molar refractivity (Wildman–Crippen MR) is 143 cm³/mol. The summed E-state index contributed by atoms with van der Waals surface area (Å²) < 4.78 is 36.1.